The van der Waals surface area contributed by atoms with Crippen molar-refractivity contribution in [2.75, 3.05) is 25.1 Å². The summed E-state index contributed by atoms with van der Waals surface area (Å²) in [5, 5.41) is 0. The van der Waals surface area contributed by atoms with Crippen LogP contribution in [0.15, 0.2) is 41.3 Å². The first-order chi connectivity index (χ1) is 12.3. The summed E-state index contributed by atoms with van der Waals surface area (Å²) >= 11 is 0. The Morgan fingerprint density at radius 1 is 1.04 bits per heavy atom. The molecular formula is C19H23NO5S. The molecule has 0 unspecified atom stereocenters. The van der Waals surface area contributed by atoms with Crippen LogP contribution in [0, 0.1) is 13.8 Å². The number of aryl methyl sites for hydroxylation is 2. The fraction of sp³-hybridized carbons (Fsp3) is 0.316. The molecule has 140 valence electrons. The molecule has 0 saturated heterocycles. The van der Waals surface area contributed by atoms with Gasteiger partial charge in [-0.25, -0.2) is 13.2 Å². The van der Waals surface area contributed by atoms with Crippen molar-refractivity contribution in [1.29, 1.82) is 0 Å². The third kappa shape index (κ3) is 3.67. The SMILES string of the molecule is CCN(c1cc(C(=O)OC)ccc1C)S(=O)(=O)c1ccc(OC)c(C)c1. The van der Waals surface area contributed by atoms with Gasteiger partial charge in [0.2, 0.25) is 0 Å². The van der Waals surface area contributed by atoms with Gasteiger partial charge in [-0.2, -0.15) is 0 Å². The molecular weight excluding hydrogens is 354 g/mol. The Hall–Kier alpha value is -2.54. The van der Waals surface area contributed by atoms with E-state index in [1.165, 1.54) is 24.6 Å². The van der Waals surface area contributed by atoms with E-state index in [4.69, 9.17) is 9.47 Å². The number of rotatable bonds is 6. The molecule has 0 saturated carbocycles. The predicted molar refractivity (Wildman–Crippen MR) is 100 cm³/mol. The number of ether oxygens (including phenoxy) is 2. The molecule has 2 rings (SSSR count). The Morgan fingerprint density at radius 3 is 2.27 bits per heavy atom. The minimum atomic E-state index is -3.80. The summed E-state index contributed by atoms with van der Waals surface area (Å²) in [6, 6.07) is 9.59. The zero-order valence-corrected chi connectivity index (χ0v) is 16.4. The summed E-state index contributed by atoms with van der Waals surface area (Å²) in [6.45, 7) is 5.56. The average Bonchev–Trinajstić information content (AvgIpc) is 2.62. The van der Waals surface area contributed by atoms with Gasteiger partial charge in [-0.3, -0.25) is 4.31 Å². The molecule has 2 aromatic rings. The zero-order chi connectivity index (χ0) is 19.5. The molecule has 0 fully saturated rings. The molecule has 0 heterocycles. The topological polar surface area (TPSA) is 72.9 Å². The molecule has 0 aromatic heterocycles. The number of hydrogen-bond donors (Lipinski definition) is 0. The quantitative estimate of drug-likeness (QED) is 0.722. The highest BCUT2D eigenvalue weighted by atomic mass is 32.2. The van der Waals surface area contributed by atoms with Gasteiger partial charge in [0, 0.05) is 6.54 Å². The van der Waals surface area contributed by atoms with E-state index in [2.05, 4.69) is 0 Å². The third-order valence-corrected chi connectivity index (χ3v) is 6.03. The zero-order valence-electron chi connectivity index (χ0n) is 15.6. The molecule has 0 radical (unpaired) electrons. The summed E-state index contributed by atoms with van der Waals surface area (Å²) in [6.07, 6.45) is 0. The Kier molecular flexibility index (Phi) is 5.92. The minimum absolute atomic E-state index is 0.167. The first kappa shape index (κ1) is 19.8. The second kappa shape index (κ2) is 7.78. The lowest BCUT2D eigenvalue weighted by atomic mass is 10.1. The number of methoxy groups -OCH3 is 2. The van der Waals surface area contributed by atoms with E-state index in [0.29, 0.717) is 17.0 Å². The molecule has 26 heavy (non-hydrogen) atoms. The highest BCUT2D eigenvalue weighted by Gasteiger charge is 2.26. The van der Waals surface area contributed by atoms with E-state index in [1.54, 1.807) is 51.1 Å². The lowest BCUT2D eigenvalue weighted by Gasteiger charge is -2.25. The predicted octanol–water partition coefficient (Wildman–Crippen LogP) is 3.31. The van der Waals surface area contributed by atoms with E-state index in [0.717, 1.165) is 11.1 Å². The standard InChI is InChI=1S/C19H23NO5S/c1-6-20(17-12-15(19(21)25-5)8-7-13(17)2)26(22,23)16-9-10-18(24-4)14(3)11-16/h7-12H,6H2,1-5H3. The Labute approximate surface area is 154 Å². The molecule has 0 N–H and O–H groups in total. The number of sulfonamides is 1. The van der Waals surface area contributed by atoms with Gasteiger partial charge < -0.3 is 9.47 Å². The van der Waals surface area contributed by atoms with Crippen LogP contribution in [0.4, 0.5) is 5.69 Å². The first-order valence-electron chi connectivity index (χ1n) is 8.12. The van der Waals surface area contributed by atoms with Gasteiger partial charge in [-0.05, 0) is 62.2 Å². The summed E-state index contributed by atoms with van der Waals surface area (Å²) < 4.78 is 37.6. The van der Waals surface area contributed by atoms with Crippen molar-refractivity contribution in [2.45, 2.75) is 25.7 Å². The maximum atomic E-state index is 13.2. The maximum absolute atomic E-state index is 13.2. The number of nitrogens with zero attached hydrogens (tertiary/aromatic N) is 1. The van der Waals surface area contributed by atoms with Crippen LogP contribution in [0.2, 0.25) is 0 Å². The number of carbonyl (C=O) groups excluding carboxylic acids is 1. The van der Waals surface area contributed by atoms with Crippen molar-refractivity contribution in [2.24, 2.45) is 0 Å². The Morgan fingerprint density at radius 2 is 1.73 bits per heavy atom. The molecule has 7 heteroatoms. The van der Waals surface area contributed by atoms with Crippen LogP contribution in [0.3, 0.4) is 0 Å². The van der Waals surface area contributed by atoms with E-state index < -0.39 is 16.0 Å². The molecule has 0 spiro atoms. The fourth-order valence-corrected chi connectivity index (χ4v) is 4.35. The second-order valence-corrected chi connectivity index (χ2v) is 7.66. The molecule has 2 aromatic carbocycles. The Balaban J connectivity index is 2.57. The molecule has 0 amide bonds. The smallest absolute Gasteiger partial charge is 0.337 e. The number of benzene rings is 2. The minimum Gasteiger partial charge on any atom is -0.496 e. The molecule has 0 atom stereocenters. The van der Waals surface area contributed by atoms with Crippen LogP contribution in [0.5, 0.6) is 5.75 Å². The summed E-state index contributed by atoms with van der Waals surface area (Å²) in [4.78, 5) is 12.0. The van der Waals surface area contributed by atoms with E-state index >= 15 is 0 Å². The van der Waals surface area contributed by atoms with Crippen LogP contribution in [-0.2, 0) is 14.8 Å². The second-order valence-electron chi connectivity index (χ2n) is 5.79. The van der Waals surface area contributed by atoms with Crippen LogP contribution in [0.1, 0.15) is 28.4 Å². The van der Waals surface area contributed by atoms with Crippen LogP contribution in [-0.4, -0.2) is 35.2 Å². The lowest BCUT2D eigenvalue weighted by Crippen LogP contribution is -2.31. The number of hydrogen-bond acceptors (Lipinski definition) is 5. The van der Waals surface area contributed by atoms with Gasteiger partial charge in [0.05, 0.1) is 30.4 Å². The van der Waals surface area contributed by atoms with E-state index in [-0.39, 0.29) is 11.4 Å². The van der Waals surface area contributed by atoms with E-state index in [1.807, 2.05) is 0 Å². The van der Waals surface area contributed by atoms with Crippen molar-refractivity contribution in [1.82, 2.24) is 0 Å². The largest absolute Gasteiger partial charge is 0.496 e. The molecule has 6 nitrogen and oxygen atoms in total. The summed E-state index contributed by atoms with van der Waals surface area (Å²) in [5.74, 6) is 0.107. The summed E-state index contributed by atoms with van der Waals surface area (Å²) in [7, 11) is -0.971. The van der Waals surface area contributed by atoms with Crippen LogP contribution in [0.25, 0.3) is 0 Å². The third-order valence-electron chi connectivity index (χ3n) is 4.14. The molecule has 0 aliphatic carbocycles. The normalized spacial score (nSPS) is 11.1. The number of carbonyl (C=O) groups is 1. The lowest BCUT2D eigenvalue weighted by molar-refractivity contribution is 0.0600. The van der Waals surface area contributed by atoms with Gasteiger partial charge in [0.1, 0.15) is 5.75 Å². The van der Waals surface area contributed by atoms with Crippen LogP contribution < -0.4 is 9.04 Å². The van der Waals surface area contributed by atoms with Crippen molar-refractivity contribution in [3.8, 4) is 5.75 Å². The fourth-order valence-electron chi connectivity index (χ4n) is 2.73. The van der Waals surface area contributed by atoms with Gasteiger partial charge in [0.25, 0.3) is 10.0 Å². The molecule has 0 aliphatic rings. The van der Waals surface area contributed by atoms with E-state index in [9.17, 15) is 13.2 Å². The van der Waals surface area contributed by atoms with Crippen molar-refractivity contribution in [3.05, 3.63) is 53.1 Å². The highest BCUT2D eigenvalue weighted by Crippen LogP contribution is 2.30. The van der Waals surface area contributed by atoms with Crippen molar-refractivity contribution in [3.63, 3.8) is 0 Å². The number of esters is 1. The maximum Gasteiger partial charge on any atom is 0.337 e. The number of anilines is 1. The van der Waals surface area contributed by atoms with Crippen molar-refractivity contribution >= 4 is 21.7 Å². The Bertz CT molecular complexity index is 922. The van der Waals surface area contributed by atoms with Crippen molar-refractivity contribution < 1.29 is 22.7 Å². The molecule has 0 bridgehead atoms. The van der Waals surface area contributed by atoms with Gasteiger partial charge >= 0.3 is 5.97 Å². The average molecular weight is 377 g/mol. The first-order valence-corrected chi connectivity index (χ1v) is 9.56. The summed E-state index contributed by atoms with van der Waals surface area (Å²) in [5.41, 5.74) is 2.22. The van der Waals surface area contributed by atoms with Crippen LogP contribution >= 0.6 is 0 Å². The monoisotopic (exact) mass is 377 g/mol. The van der Waals surface area contributed by atoms with Gasteiger partial charge in [-0.15, -0.1) is 0 Å². The highest BCUT2D eigenvalue weighted by molar-refractivity contribution is 7.92. The molecule has 0 aliphatic heterocycles. The van der Waals surface area contributed by atoms with Gasteiger partial charge in [-0.1, -0.05) is 6.07 Å². The van der Waals surface area contributed by atoms with Gasteiger partial charge in [0.15, 0.2) is 0 Å².